The van der Waals surface area contributed by atoms with Gasteiger partial charge in [-0.25, -0.2) is 0 Å². The third-order valence-electron chi connectivity index (χ3n) is 3.16. The molecule has 1 heterocycles. The van der Waals surface area contributed by atoms with E-state index in [4.69, 9.17) is 9.47 Å². The summed E-state index contributed by atoms with van der Waals surface area (Å²) in [5.41, 5.74) is -1.60. The quantitative estimate of drug-likeness (QED) is 0.685. The number of rotatable bonds is 4. The number of hydrogen-bond donors (Lipinski definition) is 2. The van der Waals surface area contributed by atoms with Gasteiger partial charge >= 0.3 is 0 Å². The van der Waals surface area contributed by atoms with E-state index in [9.17, 15) is 10.2 Å². The van der Waals surface area contributed by atoms with E-state index < -0.39 is 11.0 Å². The Labute approximate surface area is 84.8 Å². The largest absolute Gasteiger partial charge is 0.396 e. The highest BCUT2D eigenvalue weighted by Crippen LogP contribution is 2.37. The van der Waals surface area contributed by atoms with Gasteiger partial charge in [0.2, 0.25) is 0 Å². The van der Waals surface area contributed by atoms with Gasteiger partial charge in [-0.15, -0.1) is 0 Å². The van der Waals surface area contributed by atoms with Crippen LogP contribution in [0.5, 0.6) is 0 Å². The van der Waals surface area contributed by atoms with Crippen molar-refractivity contribution in [3.8, 4) is 0 Å². The van der Waals surface area contributed by atoms with E-state index in [1.54, 1.807) is 7.11 Å². The van der Waals surface area contributed by atoms with Gasteiger partial charge in [-0.05, 0) is 12.8 Å². The van der Waals surface area contributed by atoms with Crippen molar-refractivity contribution in [2.45, 2.75) is 25.4 Å². The van der Waals surface area contributed by atoms with Crippen molar-refractivity contribution in [1.29, 1.82) is 0 Å². The van der Waals surface area contributed by atoms with Crippen LogP contribution in [-0.4, -0.2) is 49.4 Å². The third-order valence-corrected chi connectivity index (χ3v) is 3.16. The lowest BCUT2D eigenvalue weighted by atomic mass is 9.71. The third kappa shape index (κ3) is 2.08. The Kier molecular flexibility index (Phi) is 3.89. The summed E-state index contributed by atoms with van der Waals surface area (Å²) in [5, 5.41) is 19.7. The number of aliphatic hydroxyl groups is 2. The predicted molar refractivity (Wildman–Crippen MR) is 52.1 cm³/mol. The summed E-state index contributed by atoms with van der Waals surface area (Å²) in [7, 11) is 1.57. The zero-order chi connectivity index (χ0) is 10.7. The molecular weight excluding hydrogens is 184 g/mol. The summed E-state index contributed by atoms with van der Waals surface area (Å²) in [6.07, 6.45) is 1.49. The molecule has 1 fully saturated rings. The lowest BCUT2D eigenvalue weighted by molar-refractivity contribution is -0.184. The first-order chi connectivity index (χ1) is 6.58. The van der Waals surface area contributed by atoms with Crippen LogP contribution in [0.25, 0.3) is 0 Å². The van der Waals surface area contributed by atoms with Gasteiger partial charge in [0.1, 0.15) is 0 Å². The van der Waals surface area contributed by atoms with Gasteiger partial charge in [-0.3, -0.25) is 0 Å². The summed E-state index contributed by atoms with van der Waals surface area (Å²) in [5.74, 6) is 0. The van der Waals surface area contributed by atoms with E-state index in [-0.39, 0.29) is 13.2 Å². The second-order valence-electron chi connectivity index (χ2n) is 4.34. The van der Waals surface area contributed by atoms with E-state index in [0.717, 1.165) is 6.42 Å². The molecule has 0 amide bonds. The van der Waals surface area contributed by atoms with Gasteiger partial charge in [-0.1, -0.05) is 6.92 Å². The topological polar surface area (TPSA) is 58.9 Å². The molecule has 1 saturated heterocycles. The molecule has 0 spiro atoms. The maximum absolute atomic E-state index is 10.4. The lowest BCUT2D eigenvalue weighted by Crippen LogP contribution is -2.56. The van der Waals surface area contributed by atoms with Crippen molar-refractivity contribution < 1.29 is 19.7 Å². The Balaban J connectivity index is 2.73. The minimum absolute atomic E-state index is 0.0965. The SMILES string of the molecule is COCC(C)(CO)C1(O)CCCOC1. The van der Waals surface area contributed by atoms with E-state index in [2.05, 4.69) is 0 Å². The van der Waals surface area contributed by atoms with Gasteiger partial charge < -0.3 is 19.7 Å². The summed E-state index contributed by atoms with van der Waals surface area (Å²) in [6, 6.07) is 0. The second kappa shape index (κ2) is 4.57. The highest BCUT2D eigenvalue weighted by Gasteiger charge is 2.47. The number of methoxy groups -OCH3 is 1. The molecule has 1 aliphatic rings. The van der Waals surface area contributed by atoms with Crippen LogP contribution in [0.15, 0.2) is 0 Å². The van der Waals surface area contributed by atoms with Crippen LogP contribution >= 0.6 is 0 Å². The van der Waals surface area contributed by atoms with Crippen LogP contribution in [0, 0.1) is 5.41 Å². The fraction of sp³-hybridized carbons (Fsp3) is 1.00. The monoisotopic (exact) mass is 204 g/mol. The fourth-order valence-electron chi connectivity index (χ4n) is 1.90. The number of hydrogen-bond acceptors (Lipinski definition) is 4. The van der Waals surface area contributed by atoms with E-state index in [1.807, 2.05) is 6.92 Å². The first-order valence-corrected chi connectivity index (χ1v) is 4.98. The summed E-state index contributed by atoms with van der Waals surface area (Å²) >= 11 is 0. The Bertz CT molecular complexity index is 169. The molecule has 4 heteroatoms. The molecule has 0 radical (unpaired) electrons. The van der Waals surface area contributed by atoms with Crippen molar-refractivity contribution in [3.63, 3.8) is 0 Å². The maximum atomic E-state index is 10.4. The molecule has 2 atom stereocenters. The average molecular weight is 204 g/mol. The zero-order valence-electron chi connectivity index (χ0n) is 8.95. The van der Waals surface area contributed by atoms with Gasteiger partial charge in [0.25, 0.3) is 0 Å². The van der Waals surface area contributed by atoms with Crippen LogP contribution < -0.4 is 0 Å². The van der Waals surface area contributed by atoms with Gasteiger partial charge in [0.15, 0.2) is 0 Å². The minimum Gasteiger partial charge on any atom is -0.396 e. The first kappa shape index (κ1) is 11.9. The summed E-state index contributed by atoms with van der Waals surface area (Å²) in [6.45, 7) is 3.04. The van der Waals surface area contributed by atoms with E-state index in [0.29, 0.717) is 19.6 Å². The highest BCUT2D eigenvalue weighted by molar-refractivity contribution is 4.97. The predicted octanol–water partition coefficient (Wildman–Crippen LogP) is 0.173. The average Bonchev–Trinajstić information content (AvgIpc) is 2.19. The first-order valence-electron chi connectivity index (χ1n) is 4.98. The molecule has 0 bridgehead atoms. The van der Waals surface area contributed by atoms with E-state index in [1.165, 1.54) is 0 Å². The molecular formula is C10H20O4. The maximum Gasteiger partial charge on any atom is 0.0978 e. The Morgan fingerprint density at radius 1 is 1.57 bits per heavy atom. The molecule has 1 rings (SSSR count). The van der Waals surface area contributed by atoms with Crippen LogP contribution in [0.1, 0.15) is 19.8 Å². The van der Waals surface area contributed by atoms with Gasteiger partial charge in [-0.2, -0.15) is 0 Å². The second-order valence-corrected chi connectivity index (χ2v) is 4.34. The molecule has 84 valence electrons. The molecule has 0 aromatic carbocycles. The molecule has 1 aliphatic heterocycles. The molecule has 2 N–H and O–H groups in total. The van der Waals surface area contributed by atoms with E-state index >= 15 is 0 Å². The number of ether oxygens (including phenoxy) is 2. The van der Waals surface area contributed by atoms with Crippen molar-refractivity contribution in [1.82, 2.24) is 0 Å². The molecule has 0 aromatic heterocycles. The Morgan fingerprint density at radius 3 is 2.71 bits per heavy atom. The van der Waals surface area contributed by atoms with Crippen LogP contribution in [0.3, 0.4) is 0 Å². The van der Waals surface area contributed by atoms with Crippen molar-refractivity contribution in [3.05, 3.63) is 0 Å². The summed E-state index contributed by atoms with van der Waals surface area (Å²) < 4.78 is 10.3. The Hall–Kier alpha value is -0.160. The highest BCUT2D eigenvalue weighted by atomic mass is 16.5. The Morgan fingerprint density at radius 2 is 2.29 bits per heavy atom. The molecule has 0 aliphatic carbocycles. The van der Waals surface area contributed by atoms with Crippen molar-refractivity contribution in [2.24, 2.45) is 5.41 Å². The lowest BCUT2D eigenvalue weighted by Gasteiger charge is -2.45. The van der Waals surface area contributed by atoms with Crippen LogP contribution in [0.2, 0.25) is 0 Å². The minimum atomic E-state index is -0.962. The molecule has 0 aromatic rings. The zero-order valence-corrected chi connectivity index (χ0v) is 8.95. The van der Waals surface area contributed by atoms with Gasteiger partial charge in [0, 0.05) is 19.1 Å². The smallest absolute Gasteiger partial charge is 0.0978 e. The van der Waals surface area contributed by atoms with Crippen molar-refractivity contribution >= 4 is 0 Å². The standard InChI is InChI=1S/C10H20O4/c1-9(6-11,7-13-2)10(12)4-3-5-14-8-10/h11-12H,3-8H2,1-2H3. The van der Waals surface area contributed by atoms with Gasteiger partial charge in [0.05, 0.1) is 25.4 Å². The molecule has 14 heavy (non-hydrogen) atoms. The molecule has 0 saturated carbocycles. The molecule has 4 nitrogen and oxygen atoms in total. The van der Waals surface area contributed by atoms with Crippen LogP contribution in [-0.2, 0) is 9.47 Å². The fourth-order valence-corrected chi connectivity index (χ4v) is 1.90. The van der Waals surface area contributed by atoms with Crippen molar-refractivity contribution in [2.75, 3.05) is 33.5 Å². The molecule has 2 unspecified atom stereocenters. The summed E-state index contributed by atoms with van der Waals surface area (Å²) in [4.78, 5) is 0. The van der Waals surface area contributed by atoms with Crippen LogP contribution in [0.4, 0.5) is 0 Å². The normalized spacial score (nSPS) is 32.6. The number of aliphatic hydroxyl groups excluding tert-OH is 1.